The van der Waals surface area contributed by atoms with Gasteiger partial charge in [0.15, 0.2) is 5.79 Å². The SMILES string of the molecule is CC1(C)OCC(NC2CCC(c3ccccc3)CC2)CO1. The average Bonchev–Trinajstić information content (AvgIpc) is 2.51. The van der Waals surface area contributed by atoms with Crippen molar-refractivity contribution in [3.63, 3.8) is 0 Å². The first-order chi connectivity index (χ1) is 10.1. The van der Waals surface area contributed by atoms with Gasteiger partial charge in [0.05, 0.1) is 19.3 Å². The minimum absolute atomic E-state index is 0.344. The van der Waals surface area contributed by atoms with Crippen LogP contribution in [0, 0.1) is 0 Å². The number of rotatable bonds is 3. The predicted octanol–water partition coefficient (Wildman–Crippen LogP) is 3.45. The molecule has 1 aromatic rings. The second kappa shape index (κ2) is 6.47. The average molecular weight is 289 g/mol. The lowest BCUT2D eigenvalue weighted by molar-refractivity contribution is -0.253. The Morgan fingerprint density at radius 1 is 0.905 bits per heavy atom. The second-order valence-electron chi connectivity index (χ2n) is 6.84. The normalized spacial score (nSPS) is 30.2. The molecule has 3 heteroatoms. The van der Waals surface area contributed by atoms with Crippen LogP contribution in [0.3, 0.4) is 0 Å². The van der Waals surface area contributed by atoms with Crippen LogP contribution >= 0.6 is 0 Å². The summed E-state index contributed by atoms with van der Waals surface area (Å²) in [6, 6.07) is 11.9. The third-order valence-electron chi connectivity index (χ3n) is 4.73. The molecular formula is C18H27NO2. The van der Waals surface area contributed by atoms with Crippen molar-refractivity contribution < 1.29 is 9.47 Å². The fraction of sp³-hybridized carbons (Fsp3) is 0.667. The van der Waals surface area contributed by atoms with E-state index in [-0.39, 0.29) is 0 Å². The largest absolute Gasteiger partial charge is 0.349 e. The smallest absolute Gasteiger partial charge is 0.162 e. The number of nitrogens with one attached hydrogen (secondary N) is 1. The maximum atomic E-state index is 5.73. The number of ether oxygens (including phenoxy) is 2. The molecule has 0 amide bonds. The maximum absolute atomic E-state index is 5.73. The van der Waals surface area contributed by atoms with E-state index in [1.807, 2.05) is 13.8 Å². The fourth-order valence-corrected chi connectivity index (χ4v) is 3.44. The Morgan fingerprint density at radius 3 is 2.14 bits per heavy atom. The van der Waals surface area contributed by atoms with E-state index in [1.54, 1.807) is 0 Å². The zero-order valence-corrected chi connectivity index (χ0v) is 13.2. The molecule has 1 saturated heterocycles. The zero-order chi connectivity index (χ0) is 14.7. The van der Waals surface area contributed by atoms with E-state index in [4.69, 9.17) is 9.47 Å². The quantitative estimate of drug-likeness (QED) is 0.924. The van der Waals surface area contributed by atoms with Gasteiger partial charge in [-0.15, -0.1) is 0 Å². The second-order valence-corrected chi connectivity index (χ2v) is 6.84. The monoisotopic (exact) mass is 289 g/mol. The van der Waals surface area contributed by atoms with Gasteiger partial charge in [0.25, 0.3) is 0 Å². The molecule has 0 atom stereocenters. The first-order valence-electron chi connectivity index (χ1n) is 8.21. The molecule has 1 aliphatic carbocycles. The van der Waals surface area contributed by atoms with Crippen molar-refractivity contribution in [3.05, 3.63) is 35.9 Å². The van der Waals surface area contributed by atoms with Gasteiger partial charge in [-0.05, 0) is 51.0 Å². The van der Waals surface area contributed by atoms with Crippen molar-refractivity contribution in [2.24, 2.45) is 0 Å². The summed E-state index contributed by atoms with van der Waals surface area (Å²) in [7, 11) is 0. The van der Waals surface area contributed by atoms with Crippen LogP contribution in [0.5, 0.6) is 0 Å². The summed E-state index contributed by atoms with van der Waals surface area (Å²) in [6.07, 6.45) is 5.06. The lowest BCUT2D eigenvalue weighted by Crippen LogP contribution is -2.52. The number of hydrogen-bond donors (Lipinski definition) is 1. The van der Waals surface area contributed by atoms with E-state index >= 15 is 0 Å². The minimum Gasteiger partial charge on any atom is -0.349 e. The zero-order valence-electron chi connectivity index (χ0n) is 13.2. The van der Waals surface area contributed by atoms with Crippen molar-refractivity contribution in [1.29, 1.82) is 0 Å². The molecule has 3 nitrogen and oxygen atoms in total. The summed E-state index contributed by atoms with van der Waals surface area (Å²) in [5.74, 6) is 0.324. The lowest BCUT2D eigenvalue weighted by atomic mass is 9.81. The third kappa shape index (κ3) is 4.06. The van der Waals surface area contributed by atoms with Gasteiger partial charge < -0.3 is 14.8 Å². The van der Waals surface area contributed by atoms with Gasteiger partial charge in [-0.1, -0.05) is 30.3 Å². The molecule has 0 spiro atoms. The molecule has 1 aliphatic heterocycles. The third-order valence-corrected chi connectivity index (χ3v) is 4.73. The Hall–Kier alpha value is -0.900. The van der Waals surface area contributed by atoms with Crippen molar-refractivity contribution in [2.45, 2.75) is 63.3 Å². The van der Waals surface area contributed by atoms with Gasteiger partial charge in [-0.3, -0.25) is 0 Å². The highest BCUT2D eigenvalue weighted by Gasteiger charge is 2.30. The van der Waals surface area contributed by atoms with Gasteiger partial charge in [-0.2, -0.15) is 0 Å². The summed E-state index contributed by atoms with van der Waals surface area (Å²) < 4.78 is 11.5. The molecule has 2 aliphatic rings. The molecule has 116 valence electrons. The van der Waals surface area contributed by atoms with Crippen LogP contribution in [-0.4, -0.2) is 31.1 Å². The molecule has 0 aromatic heterocycles. The Kier molecular flexibility index (Phi) is 4.63. The first kappa shape index (κ1) is 15.0. The van der Waals surface area contributed by atoms with Gasteiger partial charge in [0, 0.05) is 6.04 Å². The Balaban J connectivity index is 1.44. The summed E-state index contributed by atoms with van der Waals surface area (Å²) in [5.41, 5.74) is 1.50. The molecule has 0 radical (unpaired) electrons. The molecule has 3 rings (SSSR count). The molecule has 1 N–H and O–H groups in total. The highest BCUT2D eigenvalue weighted by molar-refractivity contribution is 5.20. The van der Waals surface area contributed by atoms with E-state index in [9.17, 15) is 0 Å². The van der Waals surface area contributed by atoms with E-state index in [0.717, 1.165) is 19.1 Å². The lowest BCUT2D eigenvalue weighted by Gasteiger charge is -2.38. The predicted molar refractivity (Wildman–Crippen MR) is 84.3 cm³/mol. The van der Waals surface area contributed by atoms with Gasteiger partial charge in [0.1, 0.15) is 0 Å². The van der Waals surface area contributed by atoms with Gasteiger partial charge in [0.2, 0.25) is 0 Å². The summed E-state index contributed by atoms with van der Waals surface area (Å²) in [4.78, 5) is 0. The minimum atomic E-state index is -0.414. The maximum Gasteiger partial charge on any atom is 0.162 e. The Labute approximate surface area is 128 Å². The summed E-state index contributed by atoms with van der Waals surface area (Å²) in [5, 5.41) is 3.72. The Bertz CT molecular complexity index is 428. The van der Waals surface area contributed by atoms with Crippen LogP contribution in [0.1, 0.15) is 51.0 Å². The van der Waals surface area contributed by atoms with Gasteiger partial charge >= 0.3 is 0 Å². The molecule has 2 fully saturated rings. The van der Waals surface area contributed by atoms with Crippen molar-refractivity contribution in [1.82, 2.24) is 5.32 Å². The Morgan fingerprint density at radius 2 is 1.52 bits per heavy atom. The number of hydrogen-bond acceptors (Lipinski definition) is 3. The highest BCUT2D eigenvalue weighted by atomic mass is 16.7. The molecule has 1 heterocycles. The van der Waals surface area contributed by atoms with E-state index in [0.29, 0.717) is 12.1 Å². The highest BCUT2D eigenvalue weighted by Crippen LogP contribution is 2.33. The van der Waals surface area contributed by atoms with Gasteiger partial charge in [-0.25, -0.2) is 0 Å². The molecule has 0 unspecified atom stereocenters. The molecule has 21 heavy (non-hydrogen) atoms. The van der Waals surface area contributed by atoms with Crippen LogP contribution in [-0.2, 0) is 9.47 Å². The van der Waals surface area contributed by atoms with Crippen molar-refractivity contribution >= 4 is 0 Å². The summed E-state index contributed by atoms with van der Waals surface area (Å²) >= 11 is 0. The molecule has 1 saturated carbocycles. The van der Waals surface area contributed by atoms with Crippen LogP contribution in [0.2, 0.25) is 0 Å². The standard InChI is InChI=1S/C18H27NO2/c1-18(2)20-12-17(13-21-18)19-16-10-8-15(9-11-16)14-6-4-3-5-7-14/h3-7,15-17,19H,8-13H2,1-2H3. The van der Waals surface area contributed by atoms with Crippen molar-refractivity contribution in [3.8, 4) is 0 Å². The molecule has 1 aromatic carbocycles. The topological polar surface area (TPSA) is 30.5 Å². The van der Waals surface area contributed by atoms with Crippen LogP contribution in [0.15, 0.2) is 30.3 Å². The van der Waals surface area contributed by atoms with Crippen LogP contribution in [0.4, 0.5) is 0 Å². The molecular weight excluding hydrogens is 262 g/mol. The van der Waals surface area contributed by atoms with Crippen LogP contribution < -0.4 is 5.32 Å². The van der Waals surface area contributed by atoms with E-state index in [1.165, 1.54) is 31.2 Å². The fourth-order valence-electron chi connectivity index (χ4n) is 3.44. The van der Waals surface area contributed by atoms with E-state index in [2.05, 4.69) is 35.6 Å². The van der Waals surface area contributed by atoms with E-state index < -0.39 is 5.79 Å². The van der Waals surface area contributed by atoms with Crippen LogP contribution in [0.25, 0.3) is 0 Å². The molecule has 0 bridgehead atoms. The number of benzene rings is 1. The first-order valence-corrected chi connectivity index (χ1v) is 8.21. The summed E-state index contributed by atoms with van der Waals surface area (Å²) in [6.45, 7) is 5.47. The van der Waals surface area contributed by atoms with Crippen molar-refractivity contribution in [2.75, 3.05) is 13.2 Å².